The van der Waals surface area contributed by atoms with Crippen LogP contribution in [0.5, 0.6) is 0 Å². The highest BCUT2D eigenvalue weighted by Gasteiger charge is 2.38. The van der Waals surface area contributed by atoms with E-state index in [4.69, 9.17) is 8.53 Å². The van der Waals surface area contributed by atoms with Gasteiger partial charge in [-0.3, -0.25) is 0 Å². The second-order valence-corrected chi connectivity index (χ2v) is 16.9. The third-order valence-electron chi connectivity index (χ3n) is 13.1. The van der Waals surface area contributed by atoms with Gasteiger partial charge in [0.25, 0.3) is 0 Å². The van der Waals surface area contributed by atoms with Gasteiger partial charge in [-0.15, -0.1) is 0 Å². The van der Waals surface area contributed by atoms with Crippen LogP contribution in [0.3, 0.4) is 0 Å². The average molecular weight is 749 g/mol. The molecule has 0 amide bonds. The number of fused-ring (bicyclic) bond motifs is 14. The monoisotopic (exact) mass is 748 g/mol. The van der Waals surface area contributed by atoms with Gasteiger partial charge in [-0.1, -0.05) is 167 Å². The van der Waals surface area contributed by atoms with E-state index in [9.17, 15) is 2.74 Å². The molecule has 0 bridgehead atoms. The smallest absolute Gasteiger partial charge is 0.143 e. The van der Waals surface area contributed by atoms with Crippen LogP contribution in [0.2, 0.25) is 0 Å². The summed E-state index contributed by atoms with van der Waals surface area (Å²) in [6.07, 6.45) is 0. The highest BCUT2D eigenvalue weighted by atomic mass is 16.3. The number of furan rings is 1. The Bertz CT molecular complexity index is 3520. The van der Waals surface area contributed by atoms with Crippen molar-refractivity contribution in [2.45, 2.75) is 38.5 Å². The van der Waals surface area contributed by atoms with Crippen molar-refractivity contribution in [1.29, 1.82) is 0 Å². The minimum absolute atomic E-state index is 0.112. The zero-order chi connectivity index (χ0) is 43.3. The van der Waals surface area contributed by atoms with Crippen molar-refractivity contribution in [3.8, 4) is 33.4 Å². The van der Waals surface area contributed by atoms with E-state index in [1.807, 2.05) is 18.2 Å². The van der Waals surface area contributed by atoms with Crippen LogP contribution in [-0.2, 0) is 10.8 Å². The molecular formula is C56H41NO. The van der Waals surface area contributed by atoms with Crippen LogP contribution in [0.1, 0.15) is 56.8 Å². The maximum absolute atomic E-state index is 9.38. The van der Waals surface area contributed by atoms with E-state index in [1.54, 1.807) is 0 Å². The Morgan fingerprint density at radius 2 is 0.948 bits per heavy atom. The summed E-state index contributed by atoms with van der Waals surface area (Å²) < 4.78 is 52.0. The second-order valence-electron chi connectivity index (χ2n) is 16.9. The molecular weight excluding hydrogens is 703 g/mol. The summed E-state index contributed by atoms with van der Waals surface area (Å²) in [6, 6.07) is 49.5. The summed E-state index contributed by atoms with van der Waals surface area (Å²) in [7, 11) is 0. The minimum Gasteiger partial charge on any atom is -0.455 e. The van der Waals surface area contributed by atoms with E-state index in [0.29, 0.717) is 16.8 Å². The third-order valence-corrected chi connectivity index (χ3v) is 13.1. The van der Waals surface area contributed by atoms with Gasteiger partial charge in [-0.25, -0.2) is 0 Å². The Hall–Kier alpha value is -6.90. The maximum atomic E-state index is 9.38. The van der Waals surface area contributed by atoms with E-state index in [1.165, 1.54) is 44.5 Å². The van der Waals surface area contributed by atoms with Crippen molar-refractivity contribution in [3.05, 3.63) is 198 Å². The van der Waals surface area contributed by atoms with Gasteiger partial charge in [0.05, 0.1) is 12.5 Å². The van der Waals surface area contributed by atoms with E-state index in [-0.39, 0.29) is 40.6 Å². The second kappa shape index (κ2) is 11.8. The predicted octanol–water partition coefficient (Wildman–Crippen LogP) is 15.6. The SMILES string of the molecule is [2H]c1c([2H])c([2H])c(-c2cc3oc4c5ccccc5c5ccccc5c4c3cc2N(c2ccc3c(c2)C(C)(C)c2ccccc2-3)c2ccc3c(c2)C(C)(C)c2ccccc2-3)c([2H])c1[2H]. The molecule has 0 saturated carbocycles. The van der Waals surface area contributed by atoms with E-state index >= 15 is 0 Å². The Balaban J connectivity index is 1.23. The van der Waals surface area contributed by atoms with Gasteiger partial charge >= 0.3 is 0 Å². The van der Waals surface area contributed by atoms with Crippen LogP contribution in [0.15, 0.2) is 180 Å². The van der Waals surface area contributed by atoms with Crippen molar-refractivity contribution < 1.29 is 11.3 Å². The van der Waals surface area contributed by atoms with Crippen LogP contribution in [0.25, 0.3) is 76.9 Å². The molecule has 0 radical (unpaired) electrons. The standard InChI is InChI=1S/C56H41NO/c1-55(2)47-24-14-12-20-39(47)41-28-26-35(30-49(41)55)57(36-27-29-42-40-21-13-15-25-48(40)56(3,4)50(42)31-36)51-32-46-52(33-45(51)34-16-6-5-7-17-34)58-54-44-23-11-9-19-38(44)37-18-8-10-22-43(37)53(46)54/h5-33H,1-4H3/i5D,6D,7D,16D,17D. The van der Waals surface area contributed by atoms with Gasteiger partial charge in [-0.05, 0) is 103 Å². The van der Waals surface area contributed by atoms with E-state index < -0.39 is 6.04 Å². The third kappa shape index (κ3) is 4.49. The first kappa shape index (κ1) is 28.5. The van der Waals surface area contributed by atoms with Gasteiger partial charge in [-0.2, -0.15) is 0 Å². The van der Waals surface area contributed by atoms with Gasteiger partial charge in [0.15, 0.2) is 0 Å². The molecule has 0 unspecified atom stereocenters. The van der Waals surface area contributed by atoms with E-state index in [0.717, 1.165) is 49.3 Å². The first-order valence-electron chi connectivity index (χ1n) is 22.5. The number of hydrogen-bond acceptors (Lipinski definition) is 2. The van der Waals surface area contributed by atoms with Gasteiger partial charge in [0.1, 0.15) is 11.2 Å². The summed E-state index contributed by atoms with van der Waals surface area (Å²) in [5.74, 6) is 0. The molecule has 9 aromatic carbocycles. The number of benzene rings is 9. The van der Waals surface area contributed by atoms with Gasteiger partial charge < -0.3 is 9.32 Å². The summed E-state index contributed by atoms with van der Waals surface area (Å²) in [5.41, 5.74) is 13.5. The highest BCUT2D eigenvalue weighted by Crippen LogP contribution is 2.55. The molecule has 12 rings (SSSR count). The molecule has 0 N–H and O–H groups in total. The van der Waals surface area contributed by atoms with Crippen molar-refractivity contribution in [2.24, 2.45) is 0 Å². The first-order chi connectivity index (χ1) is 30.4. The summed E-state index contributed by atoms with van der Waals surface area (Å²) >= 11 is 0. The molecule has 2 nitrogen and oxygen atoms in total. The summed E-state index contributed by atoms with van der Waals surface area (Å²) in [4.78, 5) is 2.23. The predicted molar refractivity (Wildman–Crippen MR) is 244 cm³/mol. The number of hydrogen-bond donors (Lipinski definition) is 0. The Morgan fingerprint density at radius 1 is 0.448 bits per heavy atom. The van der Waals surface area contributed by atoms with Crippen LogP contribution in [0.4, 0.5) is 17.1 Å². The number of rotatable bonds is 4. The molecule has 2 aliphatic rings. The lowest BCUT2D eigenvalue weighted by molar-refractivity contribution is 0.660. The lowest BCUT2D eigenvalue weighted by atomic mass is 9.82. The molecule has 2 heteroatoms. The van der Waals surface area contributed by atoms with E-state index in [2.05, 4.69) is 160 Å². The van der Waals surface area contributed by atoms with Crippen LogP contribution in [0, 0.1) is 0 Å². The molecule has 1 aromatic heterocycles. The summed E-state index contributed by atoms with van der Waals surface area (Å²) in [5, 5.41) is 6.04. The highest BCUT2D eigenvalue weighted by molar-refractivity contribution is 6.30. The quantitative estimate of drug-likeness (QED) is 0.167. The molecule has 0 spiro atoms. The molecule has 2 aliphatic carbocycles. The maximum Gasteiger partial charge on any atom is 0.143 e. The Morgan fingerprint density at radius 3 is 1.55 bits per heavy atom. The van der Waals surface area contributed by atoms with Crippen molar-refractivity contribution in [2.75, 3.05) is 4.90 Å². The topological polar surface area (TPSA) is 16.4 Å². The molecule has 0 aliphatic heterocycles. The fraction of sp³-hybridized carbons (Fsp3) is 0.107. The van der Waals surface area contributed by atoms with Crippen molar-refractivity contribution in [1.82, 2.24) is 0 Å². The summed E-state index contributed by atoms with van der Waals surface area (Å²) in [6.45, 7) is 9.10. The van der Waals surface area contributed by atoms with Crippen molar-refractivity contribution in [3.63, 3.8) is 0 Å². The Labute approximate surface area is 345 Å². The normalized spacial score (nSPS) is 15.7. The van der Waals surface area contributed by atoms with Gasteiger partial charge in [0.2, 0.25) is 0 Å². The fourth-order valence-electron chi connectivity index (χ4n) is 10.3. The minimum atomic E-state index is -0.434. The molecule has 58 heavy (non-hydrogen) atoms. The number of nitrogens with zero attached hydrogens (tertiary/aromatic N) is 1. The fourth-order valence-corrected chi connectivity index (χ4v) is 10.3. The van der Waals surface area contributed by atoms with Crippen molar-refractivity contribution >= 4 is 60.5 Å². The average Bonchev–Trinajstić information content (AvgIpc) is 3.87. The molecule has 1 heterocycles. The van der Waals surface area contributed by atoms with Crippen LogP contribution < -0.4 is 4.90 Å². The van der Waals surface area contributed by atoms with Gasteiger partial charge in [0, 0.05) is 43.9 Å². The lowest BCUT2D eigenvalue weighted by Crippen LogP contribution is -2.18. The van der Waals surface area contributed by atoms with Crippen LogP contribution >= 0.6 is 0 Å². The zero-order valence-corrected chi connectivity index (χ0v) is 32.7. The number of anilines is 3. The molecule has 0 fully saturated rings. The van der Waals surface area contributed by atoms with Crippen LogP contribution in [-0.4, -0.2) is 0 Å². The largest absolute Gasteiger partial charge is 0.455 e. The Kier molecular flexibility index (Phi) is 5.80. The molecule has 10 aromatic rings. The molecule has 0 atom stereocenters. The first-order valence-corrected chi connectivity index (χ1v) is 20.0. The zero-order valence-electron chi connectivity index (χ0n) is 37.7. The lowest BCUT2D eigenvalue weighted by Gasteiger charge is -2.31. The molecule has 276 valence electrons. The molecule has 0 saturated heterocycles.